The quantitative estimate of drug-likeness (QED) is 0.504. The lowest BCUT2D eigenvalue weighted by Crippen LogP contribution is -2.50. The lowest BCUT2D eigenvalue weighted by atomic mass is 10.1. The predicted octanol–water partition coefficient (Wildman–Crippen LogP) is 7.28. The van der Waals surface area contributed by atoms with Crippen molar-refractivity contribution in [3.63, 3.8) is 0 Å². The van der Waals surface area contributed by atoms with Crippen LogP contribution in [0.15, 0.2) is 60.7 Å². The Labute approximate surface area is 199 Å². The van der Waals surface area contributed by atoms with Gasteiger partial charge in [0, 0.05) is 24.2 Å². The van der Waals surface area contributed by atoms with Crippen LogP contribution in [0.4, 0.5) is 0 Å². The van der Waals surface area contributed by atoms with Crippen molar-refractivity contribution >= 4 is 0 Å². The van der Waals surface area contributed by atoms with Crippen molar-refractivity contribution in [2.75, 3.05) is 14.1 Å². The van der Waals surface area contributed by atoms with Gasteiger partial charge >= 0.3 is 0 Å². The van der Waals surface area contributed by atoms with Crippen molar-refractivity contribution in [2.24, 2.45) is 0 Å². The number of phenols is 2. The van der Waals surface area contributed by atoms with E-state index in [1.54, 1.807) is 48.5 Å². The Kier molecular flexibility index (Phi) is 23.9. The van der Waals surface area contributed by atoms with E-state index in [-0.39, 0.29) is 0 Å². The summed E-state index contributed by atoms with van der Waals surface area (Å²) in [5.41, 5.74) is 0. The summed E-state index contributed by atoms with van der Waals surface area (Å²) in [5, 5.41) is 17.3. The van der Waals surface area contributed by atoms with Crippen LogP contribution in [0.25, 0.3) is 0 Å². The molecule has 0 bridgehead atoms. The van der Waals surface area contributed by atoms with Gasteiger partial charge in [0.05, 0.1) is 0 Å². The zero-order chi connectivity index (χ0) is 25.7. The molecule has 0 aliphatic carbocycles. The summed E-state index contributed by atoms with van der Waals surface area (Å²) in [5.74, 6) is 0.644. The molecule has 0 aliphatic rings. The third-order valence-corrected chi connectivity index (χ3v) is 5.12. The molecule has 0 saturated heterocycles. The zero-order valence-corrected chi connectivity index (χ0v) is 22.9. The first kappa shape index (κ1) is 34.6. The van der Waals surface area contributed by atoms with Gasteiger partial charge in [-0.25, -0.2) is 0 Å². The van der Waals surface area contributed by atoms with Gasteiger partial charge in [0.25, 0.3) is 0 Å². The minimum Gasteiger partial charge on any atom is -0.508 e. The molecule has 0 aliphatic heterocycles. The molecule has 0 fully saturated rings. The van der Waals surface area contributed by atoms with Crippen LogP contribution < -0.4 is 0 Å². The fraction of sp³-hybridized carbons (Fsp3) is 0.571. The minimum atomic E-state index is 0.322. The number of benzene rings is 2. The molecule has 32 heavy (non-hydrogen) atoms. The molecular formula is C28H52N2O2. The van der Waals surface area contributed by atoms with Crippen molar-refractivity contribution in [3.8, 4) is 11.5 Å². The molecule has 2 N–H and O–H groups in total. The molecule has 4 heteroatoms. The van der Waals surface area contributed by atoms with Gasteiger partial charge in [-0.15, -0.1) is 0 Å². The van der Waals surface area contributed by atoms with Gasteiger partial charge < -0.3 is 10.2 Å². The fourth-order valence-corrected chi connectivity index (χ4v) is 2.48. The number of nitrogens with zero attached hydrogens (tertiary/aromatic N) is 2. The van der Waals surface area contributed by atoms with E-state index in [9.17, 15) is 0 Å². The minimum absolute atomic E-state index is 0.322. The maximum Gasteiger partial charge on any atom is 0.115 e. The third-order valence-electron chi connectivity index (χ3n) is 5.12. The van der Waals surface area contributed by atoms with E-state index in [1.165, 1.54) is 0 Å². The monoisotopic (exact) mass is 448 g/mol. The highest BCUT2D eigenvalue weighted by Crippen LogP contribution is 2.12. The highest BCUT2D eigenvalue weighted by Gasteiger charge is 2.23. The van der Waals surface area contributed by atoms with Crippen molar-refractivity contribution in [3.05, 3.63) is 60.7 Å². The zero-order valence-electron chi connectivity index (χ0n) is 22.9. The van der Waals surface area contributed by atoms with Crippen LogP contribution in [-0.2, 0) is 0 Å². The molecule has 4 nitrogen and oxygen atoms in total. The molecule has 0 aromatic heterocycles. The Hall–Kier alpha value is -2.04. The second kappa shape index (κ2) is 22.2. The maximum atomic E-state index is 8.63. The number of phenolic OH excluding ortho intramolecular Hbond substituents is 2. The summed E-state index contributed by atoms with van der Waals surface area (Å²) in [4.78, 5) is 4.87. The van der Waals surface area contributed by atoms with Crippen molar-refractivity contribution in [2.45, 2.75) is 93.4 Å². The van der Waals surface area contributed by atoms with Gasteiger partial charge in [0.15, 0.2) is 0 Å². The smallest absolute Gasteiger partial charge is 0.115 e. The summed E-state index contributed by atoms with van der Waals surface area (Å²) in [6.45, 7) is 21.6. The first-order valence-electron chi connectivity index (χ1n) is 12.0. The molecule has 2 rings (SSSR count). The highest BCUT2D eigenvalue weighted by atomic mass is 16.3. The van der Waals surface area contributed by atoms with Gasteiger partial charge in [0.2, 0.25) is 0 Å². The van der Waals surface area contributed by atoms with Crippen molar-refractivity contribution < 1.29 is 10.2 Å². The summed E-state index contributed by atoms with van der Waals surface area (Å²) in [7, 11) is 4.42. The Balaban J connectivity index is -0.000000391. The van der Waals surface area contributed by atoms with Crippen LogP contribution in [0, 0.1) is 0 Å². The predicted molar refractivity (Wildman–Crippen MR) is 144 cm³/mol. The average Bonchev–Trinajstić information content (AvgIpc) is 2.81. The van der Waals surface area contributed by atoms with Crippen LogP contribution in [0.1, 0.15) is 69.2 Å². The second-order valence-corrected chi connectivity index (χ2v) is 7.67. The van der Waals surface area contributed by atoms with E-state index >= 15 is 0 Å². The molecule has 0 spiro atoms. The Morgan fingerprint density at radius 1 is 0.500 bits per heavy atom. The van der Waals surface area contributed by atoms with E-state index in [1.807, 2.05) is 39.8 Å². The highest BCUT2D eigenvalue weighted by molar-refractivity contribution is 5.19. The van der Waals surface area contributed by atoms with E-state index in [2.05, 4.69) is 65.4 Å². The summed E-state index contributed by atoms with van der Waals surface area (Å²) < 4.78 is 0. The topological polar surface area (TPSA) is 46.9 Å². The molecule has 0 heterocycles. The normalized spacial score (nSPS) is 11.6. The molecule has 2 unspecified atom stereocenters. The number of aromatic hydroxyl groups is 2. The Morgan fingerprint density at radius 2 is 0.719 bits per heavy atom. The molecule has 2 atom stereocenters. The van der Waals surface area contributed by atoms with E-state index in [0.29, 0.717) is 35.7 Å². The van der Waals surface area contributed by atoms with E-state index < -0.39 is 0 Å². The second-order valence-electron chi connectivity index (χ2n) is 7.67. The van der Waals surface area contributed by atoms with Crippen LogP contribution >= 0.6 is 0 Å². The maximum absolute atomic E-state index is 8.63. The van der Waals surface area contributed by atoms with Crippen LogP contribution in [0.2, 0.25) is 0 Å². The van der Waals surface area contributed by atoms with Gasteiger partial charge in [-0.3, -0.25) is 9.80 Å². The lowest BCUT2D eigenvalue weighted by Gasteiger charge is -2.39. The fourth-order valence-electron chi connectivity index (χ4n) is 2.48. The summed E-state index contributed by atoms with van der Waals surface area (Å²) in [6, 6.07) is 19.9. The Bertz CT molecular complexity index is 548. The lowest BCUT2D eigenvalue weighted by molar-refractivity contribution is 0.0940. The molecule has 2 aromatic carbocycles. The molecule has 186 valence electrons. The van der Waals surface area contributed by atoms with Crippen molar-refractivity contribution in [1.82, 2.24) is 9.80 Å². The SMILES string of the molecule is CC.CC.CC(C)N(C)C(C)C(C)N(C)C(C)C.Oc1ccccc1.Oc1ccccc1. The summed E-state index contributed by atoms with van der Waals surface area (Å²) >= 11 is 0. The first-order valence-corrected chi connectivity index (χ1v) is 12.0. The molecule has 0 saturated carbocycles. The third kappa shape index (κ3) is 17.6. The van der Waals surface area contributed by atoms with Gasteiger partial charge in [0.1, 0.15) is 11.5 Å². The Morgan fingerprint density at radius 3 is 0.844 bits per heavy atom. The van der Waals surface area contributed by atoms with E-state index in [4.69, 9.17) is 10.2 Å². The number of para-hydroxylation sites is 2. The number of rotatable bonds is 5. The summed E-state index contributed by atoms with van der Waals surface area (Å²) in [6.07, 6.45) is 0. The van der Waals surface area contributed by atoms with Crippen LogP contribution in [-0.4, -0.2) is 58.3 Å². The first-order chi connectivity index (χ1) is 15.1. The van der Waals surface area contributed by atoms with Gasteiger partial charge in [-0.2, -0.15) is 0 Å². The number of likely N-dealkylation sites (N-methyl/N-ethyl adjacent to an activating group) is 2. The molecule has 2 aromatic rings. The van der Waals surface area contributed by atoms with Crippen molar-refractivity contribution in [1.29, 1.82) is 0 Å². The molecule has 0 radical (unpaired) electrons. The van der Waals surface area contributed by atoms with Crippen LogP contribution in [0.5, 0.6) is 11.5 Å². The van der Waals surface area contributed by atoms with Crippen LogP contribution in [0.3, 0.4) is 0 Å². The van der Waals surface area contributed by atoms with Gasteiger partial charge in [-0.1, -0.05) is 64.1 Å². The number of hydrogen-bond acceptors (Lipinski definition) is 4. The number of hydrogen-bond donors (Lipinski definition) is 2. The largest absolute Gasteiger partial charge is 0.508 e. The average molecular weight is 449 g/mol. The van der Waals surface area contributed by atoms with Gasteiger partial charge in [-0.05, 0) is 79.9 Å². The molecular weight excluding hydrogens is 396 g/mol. The molecule has 0 amide bonds. The van der Waals surface area contributed by atoms with E-state index in [0.717, 1.165) is 0 Å². The standard InChI is InChI=1S/C12H28N2.2C6H6O.2C2H6/c1-9(2)13(7)11(5)12(6)14(8)10(3)4;2*7-6-4-2-1-3-5-6;2*1-2/h9-12H,1-8H3;2*1-5,7H;2*1-2H3.